The topological polar surface area (TPSA) is 32.6 Å². The Hall–Kier alpha value is -2.09. The van der Waals surface area contributed by atoms with E-state index in [1.54, 1.807) is 0 Å². The van der Waals surface area contributed by atoms with Gasteiger partial charge in [0.1, 0.15) is 5.75 Å². The van der Waals surface area contributed by atoms with Crippen LogP contribution in [0.2, 0.25) is 0 Å². The van der Waals surface area contributed by atoms with Crippen LogP contribution < -0.4 is 0 Å². The third-order valence-corrected chi connectivity index (χ3v) is 4.18. The molecule has 0 radical (unpaired) electrons. The highest BCUT2D eigenvalue weighted by Gasteiger charge is 2.12. The third kappa shape index (κ3) is 3.38. The van der Waals surface area contributed by atoms with Crippen molar-refractivity contribution in [1.82, 2.24) is 0 Å². The number of aromatic hydroxyl groups is 1. The van der Waals surface area contributed by atoms with Crippen molar-refractivity contribution in [3.8, 4) is 16.9 Å². The molecule has 0 amide bonds. The molecule has 0 aromatic heterocycles. The average Bonchev–Trinajstić information content (AvgIpc) is 2.51. The summed E-state index contributed by atoms with van der Waals surface area (Å²) in [4.78, 5) is 4.59. The zero-order chi connectivity index (χ0) is 16.1. The van der Waals surface area contributed by atoms with Crippen molar-refractivity contribution in [2.45, 2.75) is 46.6 Å². The molecule has 2 nitrogen and oxygen atoms in total. The average molecular weight is 295 g/mol. The van der Waals surface area contributed by atoms with Crippen molar-refractivity contribution in [2.24, 2.45) is 4.99 Å². The normalized spacial score (nSPS) is 11.5. The number of para-hydroxylation sites is 1. The number of nitrogens with zero attached hydrogens (tertiary/aromatic N) is 1. The highest BCUT2D eigenvalue weighted by molar-refractivity contribution is 5.89. The molecular formula is C20H25NO. The monoisotopic (exact) mass is 295 g/mol. The first kappa shape index (κ1) is 16.3. The lowest BCUT2D eigenvalue weighted by Crippen LogP contribution is -2.00. The van der Waals surface area contributed by atoms with Crippen LogP contribution >= 0.6 is 0 Å². The van der Waals surface area contributed by atoms with Gasteiger partial charge in [-0.3, -0.25) is 4.99 Å². The predicted octanol–water partition coefficient (Wildman–Crippen LogP) is 5.28. The molecule has 2 rings (SSSR count). The maximum absolute atomic E-state index is 10.7. The Morgan fingerprint density at radius 3 is 2.18 bits per heavy atom. The van der Waals surface area contributed by atoms with E-state index >= 15 is 0 Å². The van der Waals surface area contributed by atoms with Crippen molar-refractivity contribution >= 4 is 6.21 Å². The largest absolute Gasteiger partial charge is 0.507 e. The lowest BCUT2D eigenvalue weighted by atomic mass is 9.94. The van der Waals surface area contributed by atoms with Crippen LogP contribution in [0.25, 0.3) is 11.1 Å². The lowest BCUT2D eigenvalue weighted by Gasteiger charge is -2.13. The number of benzene rings is 2. The Morgan fingerprint density at radius 1 is 1.00 bits per heavy atom. The van der Waals surface area contributed by atoms with Gasteiger partial charge in [0.15, 0.2) is 0 Å². The highest BCUT2D eigenvalue weighted by Crippen LogP contribution is 2.35. The summed E-state index contributed by atoms with van der Waals surface area (Å²) in [5, 5.41) is 10.7. The van der Waals surface area contributed by atoms with Gasteiger partial charge in [-0.2, -0.15) is 0 Å². The van der Waals surface area contributed by atoms with Crippen LogP contribution in [0.3, 0.4) is 0 Å². The standard InChI is InChI=1S/C20H25NO/c1-5-17(6-2)21-13-16-11-8-12-18(20(16)22)19-14(3)9-7-10-15(19)4/h7-13,17,22H,5-6H2,1-4H3. The Balaban J connectivity index is 2.46. The molecule has 2 aromatic rings. The summed E-state index contributed by atoms with van der Waals surface area (Å²) >= 11 is 0. The number of aryl methyl sites for hydroxylation is 2. The van der Waals surface area contributed by atoms with Crippen LogP contribution in [0.5, 0.6) is 5.75 Å². The molecule has 0 aliphatic heterocycles. The molecule has 0 saturated carbocycles. The quantitative estimate of drug-likeness (QED) is 0.747. The van der Waals surface area contributed by atoms with Gasteiger partial charge in [-0.05, 0) is 49.4 Å². The number of rotatable bonds is 5. The van der Waals surface area contributed by atoms with E-state index in [2.05, 4.69) is 44.8 Å². The van der Waals surface area contributed by atoms with Crippen LogP contribution in [0, 0.1) is 13.8 Å². The fourth-order valence-electron chi connectivity index (χ4n) is 2.79. The molecule has 0 fully saturated rings. The molecule has 1 N–H and O–H groups in total. The van der Waals surface area contributed by atoms with Gasteiger partial charge < -0.3 is 5.11 Å². The van der Waals surface area contributed by atoms with E-state index in [0.717, 1.165) is 29.5 Å². The molecule has 0 spiro atoms. The third-order valence-electron chi connectivity index (χ3n) is 4.18. The van der Waals surface area contributed by atoms with Crippen LogP contribution in [0.1, 0.15) is 43.4 Å². The number of phenols is 1. The SMILES string of the molecule is CCC(CC)N=Cc1cccc(-c2c(C)cccc2C)c1O. The van der Waals surface area contributed by atoms with E-state index in [0.29, 0.717) is 11.8 Å². The summed E-state index contributed by atoms with van der Waals surface area (Å²) in [6.07, 6.45) is 3.85. The molecule has 0 aliphatic rings. The second-order valence-electron chi connectivity index (χ2n) is 5.76. The minimum absolute atomic E-state index is 0.314. The summed E-state index contributed by atoms with van der Waals surface area (Å²) in [5.41, 5.74) is 5.11. The molecule has 0 heterocycles. The van der Waals surface area contributed by atoms with Gasteiger partial charge in [-0.15, -0.1) is 0 Å². The van der Waals surface area contributed by atoms with E-state index in [4.69, 9.17) is 0 Å². The maximum Gasteiger partial charge on any atom is 0.132 e. The van der Waals surface area contributed by atoms with Crippen molar-refractivity contribution < 1.29 is 5.11 Å². The maximum atomic E-state index is 10.7. The van der Waals surface area contributed by atoms with Crippen molar-refractivity contribution in [3.63, 3.8) is 0 Å². The van der Waals surface area contributed by atoms with E-state index in [1.807, 2.05) is 30.5 Å². The van der Waals surface area contributed by atoms with Gasteiger partial charge in [0.05, 0.1) is 0 Å². The first-order valence-electron chi connectivity index (χ1n) is 8.00. The summed E-state index contributed by atoms with van der Waals surface area (Å²) < 4.78 is 0. The van der Waals surface area contributed by atoms with E-state index in [9.17, 15) is 5.11 Å². The molecule has 116 valence electrons. The Labute approximate surface area is 133 Å². The number of hydrogen-bond donors (Lipinski definition) is 1. The van der Waals surface area contributed by atoms with Crippen LogP contribution in [-0.4, -0.2) is 17.4 Å². The minimum Gasteiger partial charge on any atom is -0.507 e. The fraction of sp³-hybridized carbons (Fsp3) is 0.350. The number of phenolic OH excluding ortho intramolecular Hbond substituents is 1. The summed E-state index contributed by atoms with van der Waals surface area (Å²) in [5.74, 6) is 0.314. The molecular weight excluding hydrogens is 270 g/mol. The van der Waals surface area contributed by atoms with E-state index in [1.165, 1.54) is 11.1 Å². The van der Waals surface area contributed by atoms with Gasteiger partial charge >= 0.3 is 0 Å². The number of hydrogen-bond acceptors (Lipinski definition) is 2. The smallest absolute Gasteiger partial charge is 0.132 e. The second-order valence-corrected chi connectivity index (χ2v) is 5.76. The Kier molecular flexibility index (Phi) is 5.37. The van der Waals surface area contributed by atoms with E-state index in [-0.39, 0.29) is 0 Å². The molecule has 22 heavy (non-hydrogen) atoms. The Morgan fingerprint density at radius 2 is 1.59 bits per heavy atom. The molecule has 2 heteroatoms. The van der Waals surface area contributed by atoms with Gasteiger partial charge in [0.2, 0.25) is 0 Å². The summed E-state index contributed by atoms with van der Waals surface area (Å²) in [7, 11) is 0. The highest BCUT2D eigenvalue weighted by atomic mass is 16.3. The van der Waals surface area contributed by atoms with Crippen LogP contribution in [0.4, 0.5) is 0 Å². The predicted molar refractivity (Wildman–Crippen MR) is 95.0 cm³/mol. The van der Waals surface area contributed by atoms with Crippen LogP contribution in [0.15, 0.2) is 41.4 Å². The minimum atomic E-state index is 0.314. The van der Waals surface area contributed by atoms with Crippen molar-refractivity contribution in [1.29, 1.82) is 0 Å². The Bertz CT molecular complexity index is 649. The van der Waals surface area contributed by atoms with Crippen molar-refractivity contribution in [3.05, 3.63) is 53.1 Å². The fourth-order valence-corrected chi connectivity index (χ4v) is 2.79. The van der Waals surface area contributed by atoms with Gasteiger partial charge in [0.25, 0.3) is 0 Å². The number of aliphatic imine (C=N–C) groups is 1. The van der Waals surface area contributed by atoms with E-state index < -0.39 is 0 Å². The summed E-state index contributed by atoms with van der Waals surface area (Å²) in [6, 6.07) is 12.4. The molecule has 0 unspecified atom stereocenters. The van der Waals surface area contributed by atoms with Gasteiger partial charge in [0, 0.05) is 23.4 Å². The molecule has 2 aromatic carbocycles. The first-order chi connectivity index (χ1) is 10.6. The molecule has 0 saturated heterocycles. The van der Waals surface area contributed by atoms with Gasteiger partial charge in [-0.25, -0.2) is 0 Å². The van der Waals surface area contributed by atoms with Crippen molar-refractivity contribution in [2.75, 3.05) is 0 Å². The zero-order valence-electron chi connectivity index (χ0n) is 13.9. The first-order valence-corrected chi connectivity index (χ1v) is 8.00. The zero-order valence-corrected chi connectivity index (χ0v) is 13.9. The summed E-state index contributed by atoms with van der Waals surface area (Å²) in [6.45, 7) is 8.43. The van der Waals surface area contributed by atoms with Crippen LogP contribution in [-0.2, 0) is 0 Å². The van der Waals surface area contributed by atoms with Gasteiger partial charge in [-0.1, -0.05) is 44.2 Å². The lowest BCUT2D eigenvalue weighted by molar-refractivity contribution is 0.476. The second kappa shape index (κ2) is 7.26. The molecule has 0 bridgehead atoms. The molecule has 0 atom stereocenters. The molecule has 0 aliphatic carbocycles.